The van der Waals surface area contributed by atoms with E-state index >= 15 is 0 Å². The highest BCUT2D eigenvalue weighted by Gasteiger charge is 2.20. The number of hydrogen-bond donors (Lipinski definition) is 1. The summed E-state index contributed by atoms with van der Waals surface area (Å²) in [6.07, 6.45) is 4.02. The molecule has 1 aromatic rings. The van der Waals surface area contributed by atoms with Gasteiger partial charge in [-0.25, -0.2) is 0 Å². The molecule has 1 aromatic heterocycles. The summed E-state index contributed by atoms with van der Waals surface area (Å²) in [5, 5.41) is 3.16. The molecule has 1 aliphatic heterocycles. The molecule has 0 spiro atoms. The Morgan fingerprint density at radius 2 is 2.18 bits per heavy atom. The van der Waals surface area contributed by atoms with Gasteiger partial charge in [0.15, 0.2) is 0 Å². The van der Waals surface area contributed by atoms with Crippen molar-refractivity contribution < 1.29 is 9.15 Å². The molecule has 0 atom stereocenters. The van der Waals surface area contributed by atoms with Gasteiger partial charge in [-0.2, -0.15) is 0 Å². The van der Waals surface area contributed by atoms with Crippen molar-refractivity contribution in [1.29, 1.82) is 0 Å². The zero-order chi connectivity index (χ0) is 12.1. The van der Waals surface area contributed by atoms with Crippen molar-refractivity contribution in [2.45, 2.75) is 32.0 Å². The van der Waals surface area contributed by atoms with Gasteiger partial charge in [0.2, 0.25) is 0 Å². The summed E-state index contributed by atoms with van der Waals surface area (Å²) in [7, 11) is 4.13. The summed E-state index contributed by atoms with van der Waals surface area (Å²) in [5.41, 5.74) is 1.26. The number of hydrogen-bond acceptors (Lipinski definition) is 4. The van der Waals surface area contributed by atoms with Gasteiger partial charge in [-0.1, -0.05) is 0 Å². The molecule has 0 amide bonds. The monoisotopic (exact) mass is 238 g/mol. The van der Waals surface area contributed by atoms with Crippen LogP contribution in [0.4, 0.5) is 0 Å². The van der Waals surface area contributed by atoms with Gasteiger partial charge in [0, 0.05) is 31.4 Å². The molecule has 0 unspecified atom stereocenters. The van der Waals surface area contributed by atoms with Crippen LogP contribution in [0.15, 0.2) is 16.7 Å². The molecule has 0 radical (unpaired) electrons. The van der Waals surface area contributed by atoms with E-state index < -0.39 is 0 Å². The lowest BCUT2D eigenvalue weighted by molar-refractivity contribution is 0.0386. The fourth-order valence-corrected chi connectivity index (χ4v) is 2.34. The van der Waals surface area contributed by atoms with E-state index in [-0.39, 0.29) is 0 Å². The Morgan fingerprint density at radius 3 is 2.88 bits per heavy atom. The largest absolute Gasteiger partial charge is 0.468 e. The molecule has 1 N–H and O–H groups in total. The average Bonchev–Trinajstić information content (AvgIpc) is 2.78. The molecule has 1 saturated heterocycles. The van der Waals surface area contributed by atoms with Crippen LogP contribution in [-0.4, -0.2) is 38.3 Å². The van der Waals surface area contributed by atoms with Gasteiger partial charge >= 0.3 is 0 Å². The Labute approximate surface area is 103 Å². The Hall–Kier alpha value is -0.840. The van der Waals surface area contributed by atoms with Crippen LogP contribution >= 0.6 is 0 Å². The first-order valence-corrected chi connectivity index (χ1v) is 6.29. The quantitative estimate of drug-likeness (QED) is 0.845. The van der Waals surface area contributed by atoms with Gasteiger partial charge < -0.3 is 14.5 Å². The maximum Gasteiger partial charge on any atom is 0.122 e. The first kappa shape index (κ1) is 12.6. The molecule has 0 bridgehead atoms. The maximum atomic E-state index is 5.57. The zero-order valence-corrected chi connectivity index (χ0v) is 10.7. The zero-order valence-electron chi connectivity index (χ0n) is 10.7. The maximum absolute atomic E-state index is 5.57. The summed E-state index contributed by atoms with van der Waals surface area (Å²) >= 11 is 0. The van der Waals surface area contributed by atoms with Crippen LogP contribution < -0.4 is 5.32 Å². The van der Waals surface area contributed by atoms with E-state index in [0.717, 1.165) is 44.9 Å². The molecular formula is C13H22N2O2. The lowest BCUT2D eigenvalue weighted by Gasteiger charge is -2.30. The molecule has 0 aromatic carbocycles. The molecule has 4 nitrogen and oxygen atoms in total. The second-order valence-corrected chi connectivity index (χ2v) is 4.66. The van der Waals surface area contributed by atoms with Gasteiger partial charge in [0.25, 0.3) is 0 Å². The Bertz CT molecular complexity index is 332. The van der Waals surface area contributed by atoms with Gasteiger partial charge in [-0.15, -0.1) is 0 Å². The molecular weight excluding hydrogens is 216 g/mol. The minimum Gasteiger partial charge on any atom is -0.468 e. The standard InChI is InChI=1S/C13H22N2O2/c1-14-9-11-3-8-17-13(11)10-15(2)12-4-6-16-7-5-12/h3,8,12,14H,4-7,9-10H2,1-2H3. The molecule has 0 aliphatic carbocycles. The topological polar surface area (TPSA) is 37.6 Å². The molecule has 1 aliphatic rings. The predicted molar refractivity (Wildman–Crippen MR) is 66.8 cm³/mol. The lowest BCUT2D eigenvalue weighted by atomic mass is 10.1. The summed E-state index contributed by atoms with van der Waals surface area (Å²) in [6.45, 7) is 3.52. The van der Waals surface area contributed by atoms with E-state index in [1.54, 1.807) is 6.26 Å². The first-order chi connectivity index (χ1) is 8.31. The van der Waals surface area contributed by atoms with Crippen LogP contribution in [0.5, 0.6) is 0 Å². The van der Waals surface area contributed by atoms with Crippen LogP contribution in [0.25, 0.3) is 0 Å². The highest BCUT2D eigenvalue weighted by molar-refractivity contribution is 5.16. The number of nitrogens with one attached hydrogen (secondary N) is 1. The van der Waals surface area contributed by atoms with E-state index in [2.05, 4.69) is 17.3 Å². The molecule has 4 heteroatoms. The average molecular weight is 238 g/mol. The highest BCUT2D eigenvalue weighted by Crippen LogP contribution is 2.18. The fraction of sp³-hybridized carbons (Fsp3) is 0.692. The van der Waals surface area contributed by atoms with Crippen molar-refractivity contribution in [2.24, 2.45) is 0 Å². The normalized spacial score (nSPS) is 17.8. The van der Waals surface area contributed by atoms with Crippen molar-refractivity contribution in [2.75, 3.05) is 27.3 Å². The van der Waals surface area contributed by atoms with Gasteiger partial charge in [-0.3, -0.25) is 4.90 Å². The Balaban J connectivity index is 1.92. The van der Waals surface area contributed by atoms with Crippen molar-refractivity contribution in [1.82, 2.24) is 10.2 Å². The van der Waals surface area contributed by atoms with E-state index in [1.165, 1.54) is 5.56 Å². The predicted octanol–water partition coefficient (Wildman–Crippen LogP) is 1.61. The van der Waals surface area contributed by atoms with Crippen LogP contribution in [-0.2, 0) is 17.8 Å². The minimum absolute atomic E-state index is 0.622. The molecule has 0 saturated carbocycles. The third-order valence-corrected chi connectivity index (χ3v) is 3.41. The second-order valence-electron chi connectivity index (χ2n) is 4.66. The van der Waals surface area contributed by atoms with Gasteiger partial charge in [0.1, 0.15) is 5.76 Å². The third-order valence-electron chi connectivity index (χ3n) is 3.41. The van der Waals surface area contributed by atoms with E-state index in [0.29, 0.717) is 6.04 Å². The number of nitrogens with zero attached hydrogens (tertiary/aromatic N) is 1. The molecule has 2 rings (SSSR count). The number of ether oxygens (including phenoxy) is 1. The number of furan rings is 1. The van der Waals surface area contributed by atoms with Crippen molar-refractivity contribution in [3.8, 4) is 0 Å². The molecule has 17 heavy (non-hydrogen) atoms. The molecule has 96 valence electrons. The SMILES string of the molecule is CNCc1ccoc1CN(C)C1CCOCC1. The van der Waals surface area contributed by atoms with Crippen molar-refractivity contribution in [3.05, 3.63) is 23.7 Å². The highest BCUT2D eigenvalue weighted by atomic mass is 16.5. The summed E-state index contributed by atoms with van der Waals surface area (Å²) in [4.78, 5) is 2.38. The van der Waals surface area contributed by atoms with Gasteiger partial charge in [-0.05, 0) is 33.0 Å². The van der Waals surface area contributed by atoms with Crippen molar-refractivity contribution in [3.63, 3.8) is 0 Å². The minimum atomic E-state index is 0.622. The fourth-order valence-electron chi connectivity index (χ4n) is 2.34. The van der Waals surface area contributed by atoms with E-state index in [1.807, 2.05) is 13.1 Å². The van der Waals surface area contributed by atoms with Crippen LogP contribution in [0.2, 0.25) is 0 Å². The lowest BCUT2D eigenvalue weighted by Crippen LogP contribution is -2.36. The Morgan fingerprint density at radius 1 is 1.41 bits per heavy atom. The summed E-state index contributed by atoms with van der Waals surface area (Å²) < 4.78 is 11.0. The van der Waals surface area contributed by atoms with E-state index in [9.17, 15) is 0 Å². The number of rotatable bonds is 5. The second kappa shape index (κ2) is 6.19. The summed E-state index contributed by atoms with van der Waals surface area (Å²) in [5.74, 6) is 1.08. The van der Waals surface area contributed by atoms with Crippen LogP contribution in [0, 0.1) is 0 Å². The van der Waals surface area contributed by atoms with E-state index in [4.69, 9.17) is 9.15 Å². The molecule has 2 heterocycles. The third kappa shape index (κ3) is 3.31. The smallest absolute Gasteiger partial charge is 0.122 e. The van der Waals surface area contributed by atoms with Gasteiger partial charge in [0.05, 0.1) is 12.8 Å². The Kier molecular flexibility index (Phi) is 4.59. The van der Waals surface area contributed by atoms with Crippen molar-refractivity contribution >= 4 is 0 Å². The first-order valence-electron chi connectivity index (χ1n) is 6.29. The van der Waals surface area contributed by atoms with Crippen LogP contribution in [0.1, 0.15) is 24.2 Å². The van der Waals surface area contributed by atoms with Crippen LogP contribution in [0.3, 0.4) is 0 Å². The molecule has 1 fully saturated rings. The summed E-state index contributed by atoms with van der Waals surface area (Å²) in [6, 6.07) is 2.67.